The highest BCUT2D eigenvalue weighted by Crippen LogP contribution is 2.28. The van der Waals surface area contributed by atoms with Crippen LogP contribution in [0.3, 0.4) is 0 Å². The van der Waals surface area contributed by atoms with Gasteiger partial charge in [0.2, 0.25) is 0 Å². The van der Waals surface area contributed by atoms with Gasteiger partial charge in [0.05, 0.1) is 6.10 Å². The molecule has 0 fully saturated rings. The van der Waals surface area contributed by atoms with Crippen molar-refractivity contribution in [2.45, 2.75) is 18.6 Å². The fourth-order valence-corrected chi connectivity index (χ4v) is 1.12. The molecule has 3 nitrogen and oxygen atoms in total. The first-order chi connectivity index (χ1) is 7.86. The first-order valence-electron chi connectivity index (χ1n) is 4.70. The van der Waals surface area contributed by atoms with Crippen molar-refractivity contribution >= 4 is 12.4 Å². The van der Waals surface area contributed by atoms with Gasteiger partial charge >= 0.3 is 12.5 Å². The number of ether oxygens (including phenoxy) is 1. The van der Waals surface area contributed by atoms with Crippen LogP contribution in [0.2, 0.25) is 0 Å². The molecule has 0 saturated carbocycles. The third-order valence-corrected chi connectivity index (χ3v) is 1.97. The first kappa shape index (κ1) is 16.9. The van der Waals surface area contributed by atoms with E-state index >= 15 is 0 Å². The number of alkyl halides is 4. The topological polar surface area (TPSA) is 55.5 Å². The van der Waals surface area contributed by atoms with Gasteiger partial charge in [0.15, 0.2) is 0 Å². The van der Waals surface area contributed by atoms with E-state index in [-0.39, 0.29) is 24.5 Å². The van der Waals surface area contributed by atoms with Crippen LogP contribution in [0, 0.1) is 0 Å². The zero-order valence-electron chi connectivity index (χ0n) is 9.02. The molecule has 0 aromatic heterocycles. The number of rotatable bonds is 5. The molecule has 0 amide bonds. The van der Waals surface area contributed by atoms with Crippen LogP contribution in [0.1, 0.15) is 11.7 Å². The Morgan fingerprint density at radius 3 is 2.44 bits per heavy atom. The van der Waals surface area contributed by atoms with E-state index in [2.05, 4.69) is 4.74 Å². The maximum atomic E-state index is 12.6. The Kier molecular flexibility index (Phi) is 6.37. The highest BCUT2D eigenvalue weighted by Gasteiger charge is 2.43. The van der Waals surface area contributed by atoms with Gasteiger partial charge in [-0.05, 0) is 17.7 Å². The quantitative estimate of drug-likeness (QED) is 0.818. The molecule has 104 valence electrons. The SMILES string of the molecule is Cl.NCC(O)c1cccc(OC(F)(F)C(F)F)c1. The molecule has 0 aliphatic heterocycles. The van der Waals surface area contributed by atoms with E-state index in [4.69, 9.17) is 5.73 Å². The number of hydrogen-bond donors (Lipinski definition) is 2. The van der Waals surface area contributed by atoms with Crippen molar-refractivity contribution in [3.05, 3.63) is 29.8 Å². The second-order valence-corrected chi connectivity index (χ2v) is 3.29. The van der Waals surface area contributed by atoms with Gasteiger partial charge in [-0.3, -0.25) is 0 Å². The second-order valence-electron chi connectivity index (χ2n) is 3.29. The van der Waals surface area contributed by atoms with Crippen LogP contribution in [-0.4, -0.2) is 24.2 Å². The molecule has 3 N–H and O–H groups in total. The van der Waals surface area contributed by atoms with Crippen molar-refractivity contribution in [2.75, 3.05) is 6.54 Å². The van der Waals surface area contributed by atoms with Gasteiger partial charge in [-0.1, -0.05) is 12.1 Å². The molecule has 0 radical (unpaired) electrons. The molecule has 0 heterocycles. The number of nitrogens with two attached hydrogens (primary N) is 1. The van der Waals surface area contributed by atoms with Gasteiger partial charge in [0, 0.05) is 6.54 Å². The largest absolute Gasteiger partial charge is 0.461 e. The average molecular weight is 290 g/mol. The minimum Gasteiger partial charge on any atom is -0.428 e. The van der Waals surface area contributed by atoms with Crippen LogP contribution in [0.5, 0.6) is 5.75 Å². The number of aliphatic hydroxyl groups is 1. The molecule has 1 aromatic rings. The summed E-state index contributed by atoms with van der Waals surface area (Å²) < 4.78 is 52.8. The zero-order valence-corrected chi connectivity index (χ0v) is 9.84. The fraction of sp³-hybridized carbons (Fsp3) is 0.400. The zero-order chi connectivity index (χ0) is 13.1. The first-order valence-corrected chi connectivity index (χ1v) is 4.70. The van der Waals surface area contributed by atoms with E-state index in [1.807, 2.05) is 0 Å². The van der Waals surface area contributed by atoms with Gasteiger partial charge in [0.25, 0.3) is 0 Å². The van der Waals surface area contributed by atoms with Crippen molar-refractivity contribution in [3.8, 4) is 5.75 Å². The molecule has 0 saturated heterocycles. The molecule has 8 heteroatoms. The highest BCUT2D eigenvalue weighted by molar-refractivity contribution is 5.85. The second kappa shape index (κ2) is 6.77. The van der Waals surface area contributed by atoms with E-state index in [0.717, 1.165) is 12.1 Å². The van der Waals surface area contributed by atoms with Crippen molar-refractivity contribution in [3.63, 3.8) is 0 Å². The van der Waals surface area contributed by atoms with Gasteiger partial charge in [-0.2, -0.15) is 17.6 Å². The van der Waals surface area contributed by atoms with Crippen molar-refractivity contribution < 1.29 is 27.4 Å². The van der Waals surface area contributed by atoms with Gasteiger partial charge < -0.3 is 15.6 Å². The Bertz CT molecular complexity index is 379. The van der Waals surface area contributed by atoms with Crippen molar-refractivity contribution in [1.29, 1.82) is 0 Å². The van der Waals surface area contributed by atoms with Crippen LogP contribution in [0.25, 0.3) is 0 Å². The molecule has 0 bridgehead atoms. The minimum absolute atomic E-state index is 0. The molecule has 1 atom stereocenters. The van der Waals surface area contributed by atoms with Crippen LogP contribution in [0.15, 0.2) is 24.3 Å². The lowest BCUT2D eigenvalue weighted by atomic mass is 10.1. The molecule has 18 heavy (non-hydrogen) atoms. The van der Waals surface area contributed by atoms with Gasteiger partial charge in [-0.25, -0.2) is 0 Å². The summed E-state index contributed by atoms with van der Waals surface area (Å²) in [5.41, 5.74) is 5.39. The fourth-order valence-electron chi connectivity index (χ4n) is 1.12. The van der Waals surface area contributed by atoms with Crippen LogP contribution in [0.4, 0.5) is 17.6 Å². The van der Waals surface area contributed by atoms with E-state index < -0.39 is 24.4 Å². The normalized spacial score (nSPS) is 13.1. The lowest BCUT2D eigenvalue weighted by Gasteiger charge is -2.17. The number of benzene rings is 1. The van der Waals surface area contributed by atoms with Crippen LogP contribution < -0.4 is 10.5 Å². The summed E-state index contributed by atoms with van der Waals surface area (Å²) in [5.74, 6) is -0.458. The summed E-state index contributed by atoms with van der Waals surface area (Å²) in [7, 11) is 0. The predicted octanol–water partition coefficient (Wildman–Crippen LogP) is 2.34. The van der Waals surface area contributed by atoms with E-state index in [1.54, 1.807) is 0 Å². The van der Waals surface area contributed by atoms with Crippen molar-refractivity contribution in [1.82, 2.24) is 0 Å². The molecule has 1 aromatic carbocycles. The third kappa shape index (κ3) is 4.32. The molecular weight excluding hydrogens is 278 g/mol. The minimum atomic E-state index is -4.56. The average Bonchev–Trinajstić information content (AvgIpc) is 2.27. The third-order valence-electron chi connectivity index (χ3n) is 1.97. The van der Waals surface area contributed by atoms with E-state index in [9.17, 15) is 22.7 Å². The number of halogens is 5. The molecule has 0 aliphatic carbocycles. The summed E-state index contributed by atoms with van der Waals surface area (Å²) in [6, 6.07) is 4.84. The molecular formula is C10H12ClF4NO2. The highest BCUT2D eigenvalue weighted by atomic mass is 35.5. The molecule has 0 aliphatic rings. The predicted molar refractivity (Wildman–Crippen MR) is 59.3 cm³/mol. The summed E-state index contributed by atoms with van der Waals surface area (Å²) in [6.45, 7) is -0.116. The molecule has 1 unspecified atom stereocenters. The van der Waals surface area contributed by atoms with Crippen LogP contribution in [-0.2, 0) is 0 Å². The Balaban J connectivity index is 0.00000289. The number of hydrogen-bond acceptors (Lipinski definition) is 3. The number of aliphatic hydroxyl groups excluding tert-OH is 1. The summed E-state index contributed by atoms with van der Waals surface area (Å²) in [6.07, 6.45) is -9.55. The smallest absolute Gasteiger partial charge is 0.428 e. The lowest BCUT2D eigenvalue weighted by molar-refractivity contribution is -0.253. The van der Waals surface area contributed by atoms with Gasteiger partial charge in [0.1, 0.15) is 5.75 Å². The monoisotopic (exact) mass is 289 g/mol. The Labute approximate surface area is 107 Å². The standard InChI is InChI=1S/C10H11F4NO2.ClH/c11-9(12)10(13,14)17-7-3-1-2-6(4-7)8(16)5-15;/h1-4,8-9,16H,5,15H2;1H. The van der Waals surface area contributed by atoms with E-state index in [1.165, 1.54) is 12.1 Å². The maximum Gasteiger partial charge on any atom is 0.461 e. The van der Waals surface area contributed by atoms with Crippen LogP contribution >= 0.6 is 12.4 Å². The lowest BCUT2D eigenvalue weighted by Crippen LogP contribution is -2.33. The molecule has 1 rings (SSSR count). The summed E-state index contributed by atoms with van der Waals surface area (Å²) in [4.78, 5) is 0. The van der Waals surface area contributed by atoms with E-state index in [0.29, 0.717) is 0 Å². The van der Waals surface area contributed by atoms with Gasteiger partial charge in [-0.15, -0.1) is 12.4 Å². The van der Waals surface area contributed by atoms with Crippen molar-refractivity contribution in [2.24, 2.45) is 5.73 Å². The maximum absolute atomic E-state index is 12.6. The molecule has 0 spiro atoms. The summed E-state index contributed by atoms with van der Waals surface area (Å²) >= 11 is 0. The Morgan fingerprint density at radius 1 is 1.33 bits per heavy atom. The Morgan fingerprint density at radius 2 is 1.94 bits per heavy atom. The Hall–Kier alpha value is -1.05. The summed E-state index contributed by atoms with van der Waals surface area (Å²) in [5, 5.41) is 9.35.